The molecule has 3 rings (SSSR count). The van der Waals surface area contributed by atoms with Gasteiger partial charge in [0.2, 0.25) is 10.0 Å². The number of Topliss-reactive ketones (excluding diaryl/α,β-unsaturated/α-hetero) is 1. The molecule has 138 valence electrons. The maximum absolute atomic E-state index is 13.1. The summed E-state index contributed by atoms with van der Waals surface area (Å²) in [5.74, 6) is 0.494. The van der Waals surface area contributed by atoms with Crippen molar-refractivity contribution >= 4 is 15.8 Å². The van der Waals surface area contributed by atoms with E-state index in [1.807, 2.05) is 19.1 Å². The quantitative estimate of drug-likeness (QED) is 0.754. The van der Waals surface area contributed by atoms with Crippen LogP contribution < -0.4 is 4.74 Å². The summed E-state index contributed by atoms with van der Waals surface area (Å²) in [4.78, 5) is 13.1. The van der Waals surface area contributed by atoms with Gasteiger partial charge in [0.15, 0.2) is 5.78 Å². The number of nitrogens with zero attached hydrogens (tertiary/aromatic N) is 1. The van der Waals surface area contributed by atoms with Gasteiger partial charge in [-0.25, -0.2) is 8.42 Å². The average molecular weight is 373 g/mol. The first-order valence-electron chi connectivity index (χ1n) is 8.62. The predicted molar refractivity (Wildman–Crippen MR) is 100 cm³/mol. The van der Waals surface area contributed by atoms with Crippen molar-refractivity contribution < 1.29 is 17.9 Å². The minimum absolute atomic E-state index is 0.142. The molecule has 1 atom stereocenters. The van der Waals surface area contributed by atoms with Crippen LogP contribution in [-0.2, 0) is 10.0 Å². The molecule has 0 aliphatic carbocycles. The number of carbonyl (C=O) groups is 1. The Morgan fingerprint density at radius 1 is 1.12 bits per heavy atom. The number of benzene rings is 2. The van der Waals surface area contributed by atoms with Crippen LogP contribution in [0.15, 0.2) is 47.4 Å². The Hall–Kier alpha value is -2.18. The number of carbonyl (C=O) groups excluding carboxylic acids is 1. The van der Waals surface area contributed by atoms with E-state index in [9.17, 15) is 13.2 Å². The highest BCUT2D eigenvalue weighted by atomic mass is 32.2. The van der Waals surface area contributed by atoms with Gasteiger partial charge in [-0.1, -0.05) is 29.8 Å². The van der Waals surface area contributed by atoms with Crippen molar-refractivity contribution in [1.82, 2.24) is 4.31 Å². The molecule has 1 unspecified atom stereocenters. The molecule has 1 saturated heterocycles. The minimum atomic E-state index is -3.74. The summed E-state index contributed by atoms with van der Waals surface area (Å²) >= 11 is 0. The molecular formula is C20H23NO4S. The van der Waals surface area contributed by atoms with Crippen molar-refractivity contribution in [2.45, 2.75) is 37.6 Å². The van der Waals surface area contributed by atoms with Crippen molar-refractivity contribution in [3.63, 3.8) is 0 Å². The van der Waals surface area contributed by atoms with Gasteiger partial charge in [0, 0.05) is 12.1 Å². The van der Waals surface area contributed by atoms with Gasteiger partial charge >= 0.3 is 0 Å². The van der Waals surface area contributed by atoms with Gasteiger partial charge in [-0.2, -0.15) is 4.31 Å². The molecule has 0 saturated carbocycles. The molecule has 1 heterocycles. The normalized spacial score (nSPS) is 18.0. The first-order valence-corrected chi connectivity index (χ1v) is 10.1. The zero-order valence-electron chi connectivity index (χ0n) is 15.2. The van der Waals surface area contributed by atoms with E-state index in [1.165, 1.54) is 10.4 Å². The van der Waals surface area contributed by atoms with Crippen LogP contribution in [0.3, 0.4) is 0 Å². The second-order valence-electron chi connectivity index (χ2n) is 6.64. The van der Waals surface area contributed by atoms with E-state index in [1.54, 1.807) is 38.3 Å². The van der Waals surface area contributed by atoms with Gasteiger partial charge in [-0.05, 0) is 50.5 Å². The highest BCUT2D eigenvalue weighted by Gasteiger charge is 2.39. The summed E-state index contributed by atoms with van der Waals surface area (Å²) in [5, 5.41) is 0. The third kappa shape index (κ3) is 3.39. The lowest BCUT2D eigenvalue weighted by Gasteiger charge is -2.23. The second kappa shape index (κ2) is 7.21. The molecule has 5 nitrogen and oxygen atoms in total. The lowest BCUT2D eigenvalue weighted by Crippen LogP contribution is -2.40. The van der Waals surface area contributed by atoms with E-state index >= 15 is 0 Å². The standard InChI is InChI=1S/C20H23NO4S/c1-14-6-8-16(9-7-14)20(22)18-5-4-12-21(18)26(23,24)17-10-11-19(25-3)15(2)13-17/h6-11,13,18H,4-5,12H2,1-3H3. The number of hydrogen-bond donors (Lipinski definition) is 0. The van der Waals surface area contributed by atoms with Crippen molar-refractivity contribution in [1.29, 1.82) is 0 Å². The molecule has 0 radical (unpaired) electrons. The lowest BCUT2D eigenvalue weighted by molar-refractivity contribution is 0.0918. The van der Waals surface area contributed by atoms with Gasteiger partial charge in [0.05, 0.1) is 18.0 Å². The Morgan fingerprint density at radius 3 is 2.42 bits per heavy atom. The SMILES string of the molecule is COc1ccc(S(=O)(=O)N2CCCC2C(=O)c2ccc(C)cc2)cc1C. The number of sulfonamides is 1. The third-order valence-corrected chi connectivity index (χ3v) is 6.72. The largest absolute Gasteiger partial charge is 0.496 e. The summed E-state index contributed by atoms with van der Waals surface area (Å²) in [6.45, 7) is 4.11. The predicted octanol–water partition coefficient (Wildman–Crippen LogP) is 3.35. The fourth-order valence-corrected chi connectivity index (χ4v) is 5.09. The van der Waals surface area contributed by atoms with Crippen molar-refractivity contribution in [2.75, 3.05) is 13.7 Å². The second-order valence-corrected chi connectivity index (χ2v) is 8.53. The van der Waals surface area contributed by atoms with Crippen molar-refractivity contribution in [3.8, 4) is 5.75 Å². The fourth-order valence-electron chi connectivity index (χ4n) is 3.35. The summed E-state index contributed by atoms with van der Waals surface area (Å²) in [6.07, 6.45) is 1.22. The van der Waals surface area contributed by atoms with E-state index in [0.29, 0.717) is 30.7 Å². The van der Waals surface area contributed by atoms with Crippen LogP contribution in [0, 0.1) is 13.8 Å². The van der Waals surface area contributed by atoms with E-state index in [-0.39, 0.29) is 10.7 Å². The Labute approximate surface area is 154 Å². The van der Waals surface area contributed by atoms with Crippen LogP contribution in [0.1, 0.15) is 34.3 Å². The van der Waals surface area contributed by atoms with Crippen LogP contribution in [-0.4, -0.2) is 38.2 Å². The molecule has 0 bridgehead atoms. The highest BCUT2D eigenvalue weighted by molar-refractivity contribution is 7.89. The van der Waals surface area contributed by atoms with Crippen LogP contribution in [0.4, 0.5) is 0 Å². The van der Waals surface area contributed by atoms with Gasteiger partial charge < -0.3 is 4.74 Å². The maximum Gasteiger partial charge on any atom is 0.243 e. The van der Waals surface area contributed by atoms with E-state index < -0.39 is 16.1 Å². The van der Waals surface area contributed by atoms with Gasteiger partial charge in [0.25, 0.3) is 0 Å². The van der Waals surface area contributed by atoms with E-state index in [0.717, 1.165) is 11.1 Å². The number of aryl methyl sites for hydroxylation is 2. The first kappa shape index (κ1) is 18.6. The molecule has 1 aliphatic rings. The molecule has 0 N–H and O–H groups in total. The number of ketones is 1. The number of hydrogen-bond acceptors (Lipinski definition) is 4. The number of ether oxygens (including phenoxy) is 1. The van der Waals surface area contributed by atoms with E-state index in [4.69, 9.17) is 4.74 Å². The molecule has 6 heteroatoms. The number of methoxy groups -OCH3 is 1. The number of rotatable bonds is 5. The Kier molecular flexibility index (Phi) is 5.16. The van der Waals surface area contributed by atoms with Crippen LogP contribution in [0.5, 0.6) is 5.75 Å². The lowest BCUT2D eigenvalue weighted by atomic mass is 10.0. The monoisotopic (exact) mass is 373 g/mol. The average Bonchev–Trinajstić information content (AvgIpc) is 3.12. The molecule has 0 spiro atoms. The summed E-state index contributed by atoms with van der Waals surface area (Å²) in [6, 6.07) is 11.4. The molecule has 1 aliphatic heterocycles. The Balaban J connectivity index is 1.92. The van der Waals surface area contributed by atoms with Gasteiger partial charge in [-0.3, -0.25) is 4.79 Å². The zero-order valence-corrected chi connectivity index (χ0v) is 16.0. The molecule has 0 amide bonds. The first-order chi connectivity index (χ1) is 12.3. The van der Waals surface area contributed by atoms with E-state index in [2.05, 4.69) is 0 Å². The highest BCUT2D eigenvalue weighted by Crippen LogP contribution is 2.30. The molecule has 0 aromatic heterocycles. The Morgan fingerprint density at radius 2 is 1.81 bits per heavy atom. The van der Waals surface area contributed by atoms with Crippen molar-refractivity contribution in [2.24, 2.45) is 0 Å². The topological polar surface area (TPSA) is 63.7 Å². The third-order valence-electron chi connectivity index (χ3n) is 4.82. The Bertz CT molecular complexity index is 919. The minimum Gasteiger partial charge on any atom is -0.496 e. The molecule has 1 fully saturated rings. The smallest absolute Gasteiger partial charge is 0.243 e. The summed E-state index contributed by atoms with van der Waals surface area (Å²) in [5.41, 5.74) is 2.36. The summed E-state index contributed by atoms with van der Waals surface area (Å²) in [7, 11) is -2.19. The molecule has 2 aromatic rings. The summed E-state index contributed by atoms with van der Waals surface area (Å²) < 4.78 is 32.8. The van der Waals surface area contributed by atoms with Gasteiger partial charge in [-0.15, -0.1) is 0 Å². The molecule has 26 heavy (non-hydrogen) atoms. The van der Waals surface area contributed by atoms with Crippen molar-refractivity contribution in [3.05, 3.63) is 59.2 Å². The fraction of sp³-hybridized carbons (Fsp3) is 0.350. The van der Waals surface area contributed by atoms with Crippen LogP contribution in [0.2, 0.25) is 0 Å². The molecule has 2 aromatic carbocycles. The molecular weight excluding hydrogens is 350 g/mol. The van der Waals surface area contributed by atoms with Crippen LogP contribution in [0.25, 0.3) is 0 Å². The maximum atomic E-state index is 13.1. The van der Waals surface area contributed by atoms with Gasteiger partial charge in [0.1, 0.15) is 5.75 Å². The zero-order chi connectivity index (χ0) is 18.9. The van der Waals surface area contributed by atoms with Crippen LogP contribution >= 0.6 is 0 Å².